The monoisotopic (exact) mass is 745 g/mol. The highest BCUT2D eigenvalue weighted by Gasteiger charge is 2.44. The number of rotatable bonds is 18. The van der Waals surface area contributed by atoms with Gasteiger partial charge >= 0.3 is 24.5 Å². The van der Waals surface area contributed by atoms with Crippen LogP contribution in [0.2, 0.25) is 0 Å². The number of ether oxygens (including phenoxy) is 4. The standard InChI is InChI=1S/C29H34F7N5O8S/c1-39(21-4-2-20(30)3-5-21)27(44)49-25-22(29(34,35)36)16-19(28(31,32)33)17-23(25)41-8-7-40(26(41)43)9-11-48-50-38-24(42)18-47-15-14-46-13-12-45-10-6-37/h2-5,16-17H,6-15,18,37H2,1H3,(H,38,42). The molecule has 21 heteroatoms. The molecule has 3 rings (SSSR count). The molecule has 1 aliphatic heterocycles. The van der Waals surface area contributed by atoms with Crippen molar-refractivity contribution in [3.63, 3.8) is 0 Å². The van der Waals surface area contributed by atoms with E-state index < -0.39 is 58.8 Å². The number of halogens is 7. The van der Waals surface area contributed by atoms with Crippen LogP contribution in [0, 0.1) is 5.82 Å². The van der Waals surface area contributed by atoms with Gasteiger partial charge in [0.1, 0.15) is 30.2 Å². The second-order valence-electron chi connectivity index (χ2n) is 10.2. The van der Waals surface area contributed by atoms with Gasteiger partial charge in [-0.2, -0.15) is 26.3 Å². The van der Waals surface area contributed by atoms with Crippen LogP contribution in [-0.2, 0) is 35.5 Å². The summed E-state index contributed by atoms with van der Waals surface area (Å²) < 4.78 is 125. The van der Waals surface area contributed by atoms with Crippen LogP contribution in [0.5, 0.6) is 5.75 Å². The second-order valence-corrected chi connectivity index (χ2v) is 10.8. The number of carbonyl (C=O) groups excluding carboxylic acids is 3. The third kappa shape index (κ3) is 12.2. The predicted molar refractivity (Wildman–Crippen MR) is 165 cm³/mol. The second kappa shape index (κ2) is 18.9. The number of hydrogen-bond donors (Lipinski definition) is 2. The Morgan fingerprint density at radius 2 is 1.56 bits per heavy atom. The molecule has 278 valence electrons. The van der Waals surface area contributed by atoms with Crippen LogP contribution in [0.15, 0.2) is 36.4 Å². The average molecular weight is 746 g/mol. The van der Waals surface area contributed by atoms with Gasteiger partial charge in [0.25, 0.3) is 5.91 Å². The molecule has 4 amide bonds. The zero-order chi connectivity index (χ0) is 36.9. The van der Waals surface area contributed by atoms with Crippen molar-refractivity contribution in [1.82, 2.24) is 9.62 Å². The molecule has 1 aliphatic rings. The first-order valence-electron chi connectivity index (χ1n) is 14.7. The van der Waals surface area contributed by atoms with Gasteiger partial charge in [-0.3, -0.25) is 23.5 Å². The number of amides is 4. The predicted octanol–water partition coefficient (Wildman–Crippen LogP) is 4.45. The maximum absolute atomic E-state index is 14.1. The van der Waals surface area contributed by atoms with Crippen LogP contribution < -0.4 is 25.0 Å². The smallest absolute Gasteiger partial charge is 0.407 e. The molecule has 0 bridgehead atoms. The van der Waals surface area contributed by atoms with Crippen molar-refractivity contribution in [1.29, 1.82) is 0 Å². The fourth-order valence-corrected chi connectivity index (χ4v) is 4.59. The molecule has 0 saturated carbocycles. The SMILES string of the molecule is CN(C(=O)Oc1c(N2CCN(CCOSNC(=O)COCCOCCOCCN)C2=O)cc(C(F)(F)F)cc1C(F)(F)F)c1ccc(F)cc1. The van der Waals surface area contributed by atoms with Gasteiger partial charge in [0, 0.05) is 38.9 Å². The van der Waals surface area contributed by atoms with E-state index in [2.05, 4.69) is 4.72 Å². The first-order chi connectivity index (χ1) is 23.6. The molecule has 0 unspecified atom stereocenters. The van der Waals surface area contributed by atoms with E-state index in [4.69, 9.17) is 28.9 Å². The minimum absolute atomic E-state index is 0.00532. The van der Waals surface area contributed by atoms with Crippen molar-refractivity contribution in [2.75, 3.05) is 89.3 Å². The number of alkyl halides is 6. The molecular weight excluding hydrogens is 711 g/mol. The van der Waals surface area contributed by atoms with Crippen LogP contribution in [0.1, 0.15) is 11.1 Å². The largest absolute Gasteiger partial charge is 0.420 e. The van der Waals surface area contributed by atoms with Gasteiger partial charge in [-0.25, -0.2) is 14.0 Å². The Balaban J connectivity index is 1.61. The van der Waals surface area contributed by atoms with E-state index in [9.17, 15) is 45.1 Å². The van der Waals surface area contributed by atoms with Gasteiger partial charge < -0.3 is 29.6 Å². The Bertz CT molecular complexity index is 1440. The molecule has 2 aromatic rings. The third-order valence-electron chi connectivity index (χ3n) is 6.66. The summed E-state index contributed by atoms with van der Waals surface area (Å²) in [6, 6.07) is 3.24. The summed E-state index contributed by atoms with van der Waals surface area (Å²) in [7, 11) is 1.09. The first kappa shape index (κ1) is 40.5. The summed E-state index contributed by atoms with van der Waals surface area (Å²) in [6.07, 6.45) is -12.2. The lowest BCUT2D eigenvalue weighted by Crippen LogP contribution is -2.35. The Labute approximate surface area is 286 Å². The van der Waals surface area contributed by atoms with Crippen molar-refractivity contribution in [2.24, 2.45) is 5.73 Å². The minimum Gasteiger partial charge on any atom is -0.407 e. The van der Waals surface area contributed by atoms with Gasteiger partial charge in [0.05, 0.1) is 50.9 Å². The normalized spacial score (nSPS) is 13.6. The van der Waals surface area contributed by atoms with Crippen molar-refractivity contribution in [3.05, 3.63) is 53.3 Å². The quantitative estimate of drug-likeness (QED) is 0.0973. The van der Waals surface area contributed by atoms with E-state index in [-0.39, 0.29) is 63.9 Å². The van der Waals surface area contributed by atoms with E-state index >= 15 is 0 Å². The van der Waals surface area contributed by atoms with Crippen molar-refractivity contribution >= 4 is 41.6 Å². The number of hydrogen-bond acceptors (Lipinski definition) is 10. The molecular formula is C29H34F7N5O8S. The van der Waals surface area contributed by atoms with Gasteiger partial charge in [0.15, 0.2) is 5.75 Å². The lowest BCUT2D eigenvalue weighted by molar-refractivity contribution is -0.143. The molecule has 0 atom stereocenters. The highest BCUT2D eigenvalue weighted by molar-refractivity contribution is 7.93. The molecule has 0 radical (unpaired) electrons. The molecule has 13 nitrogen and oxygen atoms in total. The number of nitrogens with two attached hydrogens (primary N) is 1. The zero-order valence-corrected chi connectivity index (χ0v) is 27.3. The Morgan fingerprint density at radius 3 is 2.18 bits per heavy atom. The molecule has 1 heterocycles. The topological polar surface area (TPSA) is 145 Å². The van der Waals surface area contributed by atoms with Crippen LogP contribution in [0.25, 0.3) is 0 Å². The van der Waals surface area contributed by atoms with Crippen molar-refractivity contribution in [2.45, 2.75) is 12.4 Å². The Morgan fingerprint density at radius 1 is 0.920 bits per heavy atom. The minimum atomic E-state index is -5.45. The van der Waals surface area contributed by atoms with Gasteiger partial charge in [0.2, 0.25) is 0 Å². The fourth-order valence-electron chi connectivity index (χ4n) is 4.22. The molecule has 1 saturated heterocycles. The zero-order valence-electron chi connectivity index (χ0n) is 26.5. The molecule has 0 spiro atoms. The Kier molecular flexibility index (Phi) is 15.3. The molecule has 0 aliphatic carbocycles. The molecule has 0 aromatic heterocycles. The maximum atomic E-state index is 14.1. The van der Waals surface area contributed by atoms with Crippen LogP contribution in [-0.4, -0.2) is 102 Å². The number of benzene rings is 2. The van der Waals surface area contributed by atoms with Crippen LogP contribution >= 0.6 is 12.2 Å². The summed E-state index contributed by atoms with van der Waals surface area (Å²) in [5, 5.41) is 0. The van der Waals surface area contributed by atoms with Crippen LogP contribution in [0.3, 0.4) is 0 Å². The van der Waals surface area contributed by atoms with Gasteiger partial charge in [-0.15, -0.1) is 0 Å². The van der Waals surface area contributed by atoms with Crippen molar-refractivity contribution < 1.29 is 68.2 Å². The fraction of sp³-hybridized carbons (Fsp3) is 0.483. The molecule has 1 fully saturated rings. The van der Waals surface area contributed by atoms with E-state index in [0.717, 1.165) is 36.2 Å². The summed E-state index contributed by atoms with van der Waals surface area (Å²) >= 11 is 0.521. The number of anilines is 2. The highest BCUT2D eigenvalue weighted by Crippen LogP contribution is 2.47. The van der Waals surface area contributed by atoms with E-state index in [1.807, 2.05) is 0 Å². The lowest BCUT2D eigenvalue weighted by Gasteiger charge is -2.26. The lowest BCUT2D eigenvalue weighted by atomic mass is 10.1. The average Bonchev–Trinajstić information content (AvgIpc) is 3.42. The van der Waals surface area contributed by atoms with E-state index in [1.54, 1.807) is 0 Å². The number of nitrogens with one attached hydrogen (secondary N) is 1. The van der Waals surface area contributed by atoms with E-state index in [1.165, 1.54) is 0 Å². The first-order valence-corrected chi connectivity index (χ1v) is 15.5. The molecule has 3 N–H and O–H groups in total. The number of carbonyl (C=O) groups is 3. The summed E-state index contributed by atoms with van der Waals surface area (Å²) in [5.41, 5.74) is 0.644. The van der Waals surface area contributed by atoms with E-state index in [0.29, 0.717) is 48.4 Å². The maximum Gasteiger partial charge on any atom is 0.420 e. The van der Waals surface area contributed by atoms with Crippen LogP contribution in [0.4, 0.5) is 51.7 Å². The third-order valence-corrected chi connectivity index (χ3v) is 7.26. The van der Waals surface area contributed by atoms with Crippen molar-refractivity contribution in [3.8, 4) is 5.75 Å². The number of urea groups is 1. The Hall–Kier alpha value is -3.89. The molecule has 50 heavy (non-hydrogen) atoms. The summed E-state index contributed by atoms with van der Waals surface area (Å²) in [6.45, 7) is 0.655. The number of nitrogens with zero attached hydrogens (tertiary/aromatic N) is 3. The van der Waals surface area contributed by atoms with Gasteiger partial charge in [-0.05, 0) is 36.4 Å². The highest BCUT2D eigenvalue weighted by atomic mass is 32.2. The summed E-state index contributed by atoms with van der Waals surface area (Å²) in [5.74, 6) is -2.56. The summed E-state index contributed by atoms with van der Waals surface area (Å²) in [4.78, 5) is 40.4. The molecule has 2 aromatic carbocycles. The van der Waals surface area contributed by atoms with Gasteiger partial charge in [-0.1, -0.05) is 0 Å².